The molecule has 0 aromatic heterocycles. The van der Waals surface area contributed by atoms with Crippen molar-refractivity contribution in [2.75, 3.05) is 36.1 Å². The Morgan fingerprint density at radius 1 is 1.09 bits per heavy atom. The topological polar surface area (TPSA) is 92.9 Å². The number of morpholine rings is 1. The molecule has 2 saturated heterocycles. The maximum atomic E-state index is 12.0. The van der Waals surface area contributed by atoms with Crippen LogP contribution in [0.4, 0.5) is 11.4 Å². The Labute approximate surface area is 127 Å². The first-order chi connectivity index (χ1) is 10.6. The van der Waals surface area contributed by atoms with Crippen LogP contribution in [0.3, 0.4) is 0 Å². The molecule has 3 amide bonds. The lowest BCUT2D eigenvalue weighted by molar-refractivity contribution is -0.125. The summed E-state index contributed by atoms with van der Waals surface area (Å²) in [5.41, 5.74) is 6.74. The number of rotatable bonds is 3. The Morgan fingerprint density at radius 3 is 2.27 bits per heavy atom. The number of carbonyl (C=O) groups is 3. The number of hydrogen-bond donors (Lipinski definition) is 1. The van der Waals surface area contributed by atoms with E-state index in [9.17, 15) is 14.4 Å². The summed E-state index contributed by atoms with van der Waals surface area (Å²) in [7, 11) is 0. The number of anilines is 2. The summed E-state index contributed by atoms with van der Waals surface area (Å²) in [4.78, 5) is 38.2. The van der Waals surface area contributed by atoms with Crippen molar-refractivity contribution in [3.8, 4) is 0 Å². The standard InChI is InChI=1S/C15H17N3O4/c16-15(21)10-7-13(19)18(8-10)12-3-1-11(2-4-12)17-5-6-22-9-14(17)20/h1-4,10H,5-9H2,(H2,16,21). The quantitative estimate of drug-likeness (QED) is 0.843. The minimum Gasteiger partial charge on any atom is -0.370 e. The van der Waals surface area contributed by atoms with Crippen LogP contribution in [0, 0.1) is 5.92 Å². The zero-order valence-electron chi connectivity index (χ0n) is 12.0. The molecule has 7 heteroatoms. The molecule has 22 heavy (non-hydrogen) atoms. The maximum Gasteiger partial charge on any atom is 0.253 e. The molecule has 2 N–H and O–H groups in total. The molecule has 0 spiro atoms. The largest absolute Gasteiger partial charge is 0.370 e. The van der Waals surface area contributed by atoms with Gasteiger partial charge in [-0.15, -0.1) is 0 Å². The molecule has 3 rings (SSSR count). The van der Waals surface area contributed by atoms with Crippen molar-refractivity contribution in [1.82, 2.24) is 0 Å². The fraction of sp³-hybridized carbons (Fsp3) is 0.400. The zero-order chi connectivity index (χ0) is 15.7. The second-order valence-electron chi connectivity index (χ2n) is 5.42. The van der Waals surface area contributed by atoms with Gasteiger partial charge in [0.05, 0.1) is 12.5 Å². The van der Waals surface area contributed by atoms with Crippen LogP contribution < -0.4 is 15.5 Å². The SMILES string of the molecule is NC(=O)C1CC(=O)N(c2ccc(N3CCOCC3=O)cc2)C1. The van der Waals surface area contributed by atoms with Crippen molar-refractivity contribution in [3.05, 3.63) is 24.3 Å². The van der Waals surface area contributed by atoms with Crippen molar-refractivity contribution in [3.63, 3.8) is 0 Å². The van der Waals surface area contributed by atoms with Gasteiger partial charge in [-0.1, -0.05) is 0 Å². The lowest BCUT2D eigenvalue weighted by atomic mass is 10.1. The van der Waals surface area contributed by atoms with E-state index in [4.69, 9.17) is 10.5 Å². The van der Waals surface area contributed by atoms with E-state index in [0.29, 0.717) is 25.4 Å². The number of hydrogen-bond acceptors (Lipinski definition) is 4. The highest BCUT2D eigenvalue weighted by Gasteiger charge is 2.34. The van der Waals surface area contributed by atoms with Gasteiger partial charge in [0.15, 0.2) is 0 Å². The summed E-state index contributed by atoms with van der Waals surface area (Å²) in [6.07, 6.45) is 0.152. The summed E-state index contributed by atoms with van der Waals surface area (Å²) < 4.78 is 5.10. The van der Waals surface area contributed by atoms with Crippen LogP contribution in [0.1, 0.15) is 6.42 Å². The minimum atomic E-state index is -0.452. The molecule has 1 unspecified atom stereocenters. The molecule has 1 aromatic carbocycles. The number of primary amides is 1. The summed E-state index contributed by atoms with van der Waals surface area (Å²) in [6.45, 7) is 1.43. The number of nitrogens with two attached hydrogens (primary N) is 1. The molecular weight excluding hydrogens is 286 g/mol. The van der Waals surface area contributed by atoms with E-state index in [-0.39, 0.29) is 24.8 Å². The summed E-state index contributed by atoms with van der Waals surface area (Å²) in [5.74, 6) is -1.08. The number of carbonyl (C=O) groups excluding carboxylic acids is 3. The van der Waals surface area contributed by atoms with Gasteiger partial charge in [-0.2, -0.15) is 0 Å². The Hall–Kier alpha value is -2.41. The van der Waals surface area contributed by atoms with Crippen LogP contribution >= 0.6 is 0 Å². The van der Waals surface area contributed by atoms with Gasteiger partial charge in [0, 0.05) is 30.9 Å². The van der Waals surface area contributed by atoms with Crippen LogP contribution in [0.25, 0.3) is 0 Å². The summed E-state index contributed by atoms with van der Waals surface area (Å²) in [6, 6.07) is 7.14. The predicted octanol–water partition coefficient (Wildman–Crippen LogP) is -0.112. The van der Waals surface area contributed by atoms with Gasteiger partial charge in [-0.3, -0.25) is 14.4 Å². The number of ether oxygens (including phenoxy) is 1. The van der Waals surface area contributed by atoms with Crippen molar-refractivity contribution >= 4 is 29.1 Å². The number of nitrogens with zero attached hydrogens (tertiary/aromatic N) is 2. The van der Waals surface area contributed by atoms with E-state index in [1.54, 1.807) is 34.1 Å². The average Bonchev–Trinajstić information content (AvgIpc) is 2.90. The predicted molar refractivity (Wildman–Crippen MR) is 79.3 cm³/mol. The van der Waals surface area contributed by atoms with Crippen LogP contribution in [0.2, 0.25) is 0 Å². The second kappa shape index (κ2) is 5.76. The molecular formula is C15H17N3O4. The molecule has 0 radical (unpaired) electrons. The van der Waals surface area contributed by atoms with Crippen LogP contribution in [-0.4, -0.2) is 44.0 Å². The summed E-state index contributed by atoms with van der Waals surface area (Å²) in [5, 5.41) is 0. The molecule has 2 aliphatic heterocycles. The molecule has 0 aliphatic carbocycles. The van der Waals surface area contributed by atoms with Crippen molar-refractivity contribution in [2.24, 2.45) is 11.7 Å². The third-order valence-electron chi connectivity index (χ3n) is 3.99. The van der Waals surface area contributed by atoms with Gasteiger partial charge in [-0.05, 0) is 24.3 Å². The molecule has 2 fully saturated rings. The highest BCUT2D eigenvalue weighted by atomic mass is 16.5. The molecule has 116 valence electrons. The Kier molecular flexibility index (Phi) is 3.81. The van der Waals surface area contributed by atoms with E-state index >= 15 is 0 Å². The van der Waals surface area contributed by atoms with Gasteiger partial charge in [-0.25, -0.2) is 0 Å². The van der Waals surface area contributed by atoms with E-state index in [1.165, 1.54) is 0 Å². The molecule has 1 atom stereocenters. The molecule has 1 aromatic rings. The van der Waals surface area contributed by atoms with Crippen LogP contribution in [-0.2, 0) is 19.1 Å². The number of amides is 3. The van der Waals surface area contributed by atoms with Gasteiger partial charge in [0.2, 0.25) is 11.8 Å². The average molecular weight is 303 g/mol. The number of benzene rings is 1. The van der Waals surface area contributed by atoms with E-state index < -0.39 is 11.8 Å². The van der Waals surface area contributed by atoms with Crippen LogP contribution in [0.5, 0.6) is 0 Å². The van der Waals surface area contributed by atoms with Gasteiger partial charge >= 0.3 is 0 Å². The molecule has 0 bridgehead atoms. The third-order valence-corrected chi connectivity index (χ3v) is 3.99. The lowest BCUT2D eigenvalue weighted by Crippen LogP contribution is -2.41. The highest BCUT2D eigenvalue weighted by molar-refractivity contribution is 6.00. The Balaban J connectivity index is 1.75. The molecule has 2 aliphatic rings. The molecule has 0 saturated carbocycles. The van der Waals surface area contributed by atoms with Crippen LogP contribution in [0.15, 0.2) is 24.3 Å². The normalized spacial score (nSPS) is 22.3. The first-order valence-corrected chi connectivity index (χ1v) is 7.14. The van der Waals surface area contributed by atoms with Gasteiger partial charge in [0.25, 0.3) is 5.91 Å². The summed E-state index contributed by atoms with van der Waals surface area (Å²) >= 11 is 0. The van der Waals surface area contributed by atoms with Gasteiger partial charge in [0.1, 0.15) is 6.61 Å². The highest BCUT2D eigenvalue weighted by Crippen LogP contribution is 2.27. The maximum absolute atomic E-state index is 12.0. The van der Waals surface area contributed by atoms with E-state index in [1.807, 2.05) is 0 Å². The smallest absolute Gasteiger partial charge is 0.253 e. The Morgan fingerprint density at radius 2 is 1.73 bits per heavy atom. The van der Waals surface area contributed by atoms with Crippen molar-refractivity contribution < 1.29 is 19.1 Å². The first-order valence-electron chi connectivity index (χ1n) is 7.14. The van der Waals surface area contributed by atoms with E-state index in [2.05, 4.69) is 0 Å². The Bertz CT molecular complexity index is 614. The van der Waals surface area contributed by atoms with Crippen molar-refractivity contribution in [2.45, 2.75) is 6.42 Å². The van der Waals surface area contributed by atoms with E-state index in [0.717, 1.165) is 5.69 Å². The zero-order valence-corrected chi connectivity index (χ0v) is 12.0. The van der Waals surface area contributed by atoms with Crippen molar-refractivity contribution in [1.29, 1.82) is 0 Å². The fourth-order valence-corrected chi connectivity index (χ4v) is 2.75. The fourth-order valence-electron chi connectivity index (χ4n) is 2.75. The third kappa shape index (κ3) is 2.67. The second-order valence-corrected chi connectivity index (χ2v) is 5.42. The molecule has 7 nitrogen and oxygen atoms in total. The van der Waals surface area contributed by atoms with Gasteiger partial charge < -0.3 is 20.3 Å². The molecule has 2 heterocycles. The lowest BCUT2D eigenvalue weighted by Gasteiger charge is -2.27. The first kappa shape index (κ1) is 14.5. The minimum absolute atomic E-state index is 0.0787. The monoisotopic (exact) mass is 303 g/mol.